The van der Waals surface area contributed by atoms with Gasteiger partial charge in [0.2, 0.25) is 0 Å². The van der Waals surface area contributed by atoms with E-state index in [0.717, 1.165) is 0 Å². The summed E-state index contributed by atoms with van der Waals surface area (Å²) in [4.78, 5) is 11.5. The van der Waals surface area contributed by atoms with E-state index in [4.69, 9.17) is 9.84 Å². The lowest BCUT2D eigenvalue weighted by Gasteiger charge is -2.13. The number of methoxy groups -OCH3 is 2. The molecule has 0 spiro atoms. The van der Waals surface area contributed by atoms with E-state index >= 15 is 0 Å². The first-order chi connectivity index (χ1) is 8.04. The van der Waals surface area contributed by atoms with Crippen molar-refractivity contribution in [2.24, 2.45) is 0 Å². The summed E-state index contributed by atoms with van der Waals surface area (Å²) in [5.74, 6) is -1.73. The van der Waals surface area contributed by atoms with Gasteiger partial charge in [0.25, 0.3) is 0 Å². The van der Waals surface area contributed by atoms with E-state index in [1.807, 2.05) is 0 Å². The highest BCUT2D eigenvalue weighted by molar-refractivity contribution is 5.92. The lowest BCUT2D eigenvalue weighted by atomic mass is 9.99. The maximum absolute atomic E-state index is 13.7. The lowest BCUT2D eigenvalue weighted by Crippen LogP contribution is -2.09. The van der Waals surface area contributed by atoms with E-state index in [9.17, 15) is 9.18 Å². The molecule has 0 saturated carbocycles. The first-order valence-corrected chi connectivity index (χ1v) is 5.11. The molecule has 5 heteroatoms. The minimum absolute atomic E-state index is 0.0188. The monoisotopic (exact) mass is 242 g/mol. The zero-order chi connectivity index (χ0) is 13.0. The van der Waals surface area contributed by atoms with Crippen molar-refractivity contribution in [1.82, 2.24) is 0 Å². The number of hydrogen-bond acceptors (Lipinski definition) is 4. The van der Waals surface area contributed by atoms with Gasteiger partial charge in [-0.2, -0.15) is 0 Å². The summed E-state index contributed by atoms with van der Waals surface area (Å²) in [6.07, 6.45) is 0. The van der Waals surface area contributed by atoms with Gasteiger partial charge in [0.15, 0.2) is 11.6 Å². The molecule has 0 aliphatic heterocycles. The highest BCUT2D eigenvalue weighted by Crippen LogP contribution is 2.28. The van der Waals surface area contributed by atoms with Crippen LogP contribution in [-0.2, 0) is 4.74 Å². The molecule has 0 amide bonds. The Kier molecular flexibility index (Phi) is 4.45. The molecule has 94 valence electrons. The molecule has 17 heavy (non-hydrogen) atoms. The molecule has 0 saturated heterocycles. The SMILES string of the molecule is COC(=O)c1cc(C(C)CO)cc(F)c1OC. The molecule has 1 aromatic carbocycles. The fourth-order valence-corrected chi connectivity index (χ4v) is 1.47. The average Bonchev–Trinajstić information content (AvgIpc) is 2.35. The number of ether oxygens (including phenoxy) is 2. The molecule has 0 bridgehead atoms. The second-order valence-corrected chi connectivity index (χ2v) is 3.66. The fourth-order valence-electron chi connectivity index (χ4n) is 1.47. The first kappa shape index (κ1) is 13.4. The quantitative estimate of drug-likeness (QED) is 0.817. The number of rotatable bonds is 4. The molecule has 0 aliphatic rings. The van der Waals surface area contributed by atoms with E-state index in [2.05, 4.69) is 4.74 Å². The fraction of sp³-hybridized carbons (Fsp3) is 0.417. The largest absolute Gasteiger partial charge is 0.493 e. The average molecular weight is 242 g/mol. The van der Waals surface area contributed by atoms with Crippen LogP contribution in [0.1, 0.15) is 28.8 Å². The third kappa shape index (κ3) is 2.74. The summed E-state index contributed by atoms with van der Waals surface area (Å²) in [5, 5.41) is 9.02. The Morgan fingerprint density at radius 3 is 2.59 bits per heavy atom. The first-order valence-electron chi connectivity index (χ1n) is 5.11. The van der Waals surface area contributed by atoms with Gasteiger partial charge in [0.05, 0.1) is 14.2 Å². The van der Waals surface area contributed by atoms with Crippen molar-refractivity contribution in [3.05, 3.63) is 29.1 Å². The van der Waals surface area contributed by atoms with Crippen LogP contribution >= 0.6 is 0 Å². The molecule has 1 rings (SSSR count). The van der Waals surface area contributed by atoms with Crippen LogP contribution in [0.2, 0.25) is 0 Å². The number of carbonyl (C=O) groups is 1. The maximum Gasteiger partial charge on any atom is 0.341 e. The maximum atomic E-state index is 13.7. The van der Waals surface area contributed by atoms with Crippen molar-refractivity contribution >= 4 is 5.97 Å². The third-order valence-electron chi connectivity index (χ3n) is 2.52. The van der Waals surface area contributed by atoms with Gasteiger partial charge in [-0.05, 0) is 17.7 Å². The van der Waals surface area contributed by atoms with Gasteiger partial charge in [0.1, 0.15) is 5.56 Å². The molecule has 0 fully saturated rings. The zero-order valence-corrected chi connectivity index (χ0v) is 9.99. The summed E-state index contributed by atoms with van der Waals surface area (Å²) in [6.45, 7) is 1.59. The summed E-state index contributed by atoms with van der Waals surface area (Å²) in [6, 6.07) is 2.71. The van der Waals surface area contributed by atoms with Crippen LogP contribution in [0.25, 0.3) is 0 Å². The Bertz CT molecular complexity index is 417. The molecule has 1 unspecified atom stereocenters. The van der Waals surface area contributed by atoms with Crippen molar-refractivity contribution in [3.63, 3.8) is 0 Å². The molecule has 1 aromatic rings. The number of carbonyl (C=O) groups excluding carboxylic acids is 1. The molecule has 0 heterocycles. The standard InChI is InChI=1S/C12H15FO4/c1-7(6-14)8-4-9(12(15)17-3)11(16-2)10(13)5-8/h4-5,7,14H,6H2,1-3H3. The van der Waals surface area contributed by atoms with E-state index in [1.165, 1.54) is 26.4 Å². The van der Waals surface area contributed by atoms with E-state index in [0.29, 0.717) is 5.56 Å². The topological polar surface area (TPSA) is 55.8 Å². The number of aliphatic hydroxyl groups excluding tert-OH is 1. The van der Waals surface area contributed by atoms with Gasteiger partial charge in [-0.1, -0.05) is 6.92 Å². The number of aliphatic hydroxyl groups is 1. The van der Waals surface area contributed by atoms with Crippen LogP contribution in [0.3, 0.4) is 0 Å². The minimum atomic E-state index is -0.673. The molecule has 0 aliphatic carbocycles. The molecule has 0 radical (unpaired) electrons. The van der Waals surface area contributed by atoms with Crippen LogP contribution in [-0.4, -0.2) is 31.9 Å². The summed E-state index contributed by atoms with van der Waals surface area (Å²) in [5.41, 5.74) is 0.538. The Balaban J connectivity index is 3.33. The second kappa shape index (κ2) is 5.63. The van der Waals surface area contributed by atoms with Crippen LogP contribution in [0.4, 0.5) is 4.39 Å². The minimum Gasteiger partial charge on any atom is -0.493 e. The van der Waals surface area contributed by atoms with E-state index in [-0.39, 0.29) is 23.8 Å². The normalized spacial score (nSPS) is 12.1. The van der Waals surface area contributed by atoms with Gasteiger partial charge < -0.3 is 14.6 Å². The summed E-state index contributed by atoms with van der Waals surface area (Å²) in [7, 11) is 2.49. The van der Waals surface area contributed by atoms with Gasteiger partial charge in [-0.25, -0.2) is 9.18 Å². The molecule has 1 atom stereocenters. The van der Waals surface area contributed by atoms with Crippen molar-refractivity contribution in [1.29, 1.82) is 0 Å². The Labute approximate surface area is 99.0 Å². The number of halogens is 1. The summed E-state index contributed by atoms with van der Waals surface area (Å²) < 4.78 is 23.1. The highest BCUT2D eigenvalue weighted by Gasteiger charge is 2.20. The number of hydrogen-bond donors (Lipinski definition) is 1. The molecule has 4 nitrogen and oxygen atoms in total. The van der Waals surface area contributed by atoms with Gasteiger partial charge >= 0.3 is 5.97 Å². The second-order valence-electron chi connectivity index (χ2n) is 3.66. The van der Waals surface area contributed by atoms with E-state index < -0.39 is 11.8 Å². The molecule has 0 aromatic heterocycles. The van der Waals surface area contributed by atoms with Crippen LogP contribution in [0.15, 0.2) is 12.1 Å². The van der Waals surface area contributed by atoms with E-state index in [1.54, 1.807) is 6.92 Å². The van der Waals surface area contributed by atoms with Gasteiger partial charge in [-0.15, -0.1) is 0 Å². The highest BCUT2D eigenvalue weighted by atomic mass is 19.1. The van der Waals surface area contributed by atoms with Crippen LogP contribution in [0.5, 0.6) is 5.75 Å². The van der Waals surface area contributed by atoms with Crippen LogP contribution in [0, 0.1) is 5.82 Å². The summed E-state index contributed by atoms with van der Waals surface area (Å²) >= 11 is 0. The molecular weight excluding hydrogens is 227 g/mol. The Hall–Kier alpha value is -1.62. The van der Waals surface area contributed by atoms with Crippen molar-refractivity contribution < 1.29 is 23.8 Å². The number of benzene rings is 1. The smallest absolute Gasteiger partial charge is 0.341 e. The van der Waals surface area contributed by atoms with Gasteiger partial charge in [-0.3, -0.25) is 0 Å². The van der Waals surface area contributed by atoms with Crippen molar-refractivity contribution in [2.45, 2.75) is 12.8 Å². The van der Waals surface area contributed by atoms with Crippen molar-refractivity contribution in [3.8, 4) is 5.75 Å². The Morgan fingerprint density at radius 1 is 1.47 bits per heavy atom. The van der Waals surface area contributed by atoms with Gasteiger partial charge in [0, 0.05) is 12.5 Å². The molecule has 1 N–H and O–H groups in total. The third-order valence-corrected chi connectivity index (χ3v) is 2.52. The van der Waals surface area contributed by atoms with Crippen LogP contribution < -0.4 is 4.74 Å². The lowest BCUT2D eigenvalue weighted by molar-refractivity contribution is 0.0596. The number of esters is 1. The predicted molar refractivity (Wildman–Crippen MR) is 59.8 cm³/mol. The molecular formula is C12H15FO4. The Morgan fingerprint density at radius 2 is 2.12 bits per heavy atom. The zero-order valence-electron chi connectivity index (χ0n) is 9.99. The van der Waals surface area contributed by atoms with Crippen molar-refractivity contribution in [2.75, 3.05) is 20.8 Å². The predicted octanol–water partition coefficient (Wildman–Crippen LogP) is 1.72.